The molecule has 0 bridgehead atoms. The second-order valence-corrected chi connectivity index (χ2v) is 6.30. The maximum atomic E-state index is 12.5. The number of Topliss-reactive ketones (excluding diaryl/α,β-unsaturated/α-hetero) is 1. The molecule has 0 saturated heterocycles. The molecule has 25 heavy (non-hydrogen) atoms. The minimum Gasteiger partial charge on any atom is -0.490 e. The molecule has 1 heterocycles. The van der Waals surface area contributed by atoms with Crippen molar-refractivity contribution in [2.45, 2.75) is 20.8 Å². The molecule has 0 fully saturated rings. The van der Waals surface area contributed by atoms with E-state index in [2.05, 4.69) is 5.32 Å². The van der Waals surface area contributed by atoms with E-state index in [1.165, 1.54) is 6.92 Å². The van der Waals surface area contributed by atoms with Crippen LogP contribution in [0.1, 0.15) is 28.4 Å². The molecule has 0 atom stereocenters. The molecule has 1 N–H and O–H groups in total. The summed E-state index contributed by atoms with van der Waals surface area (Å²) in [5.74, 6) is 0.610. The largest absolute Gasteiger partial charge is 0.490 e. The van der Waals surface area contributed by atoms with Gasteiger partial charge in [-0.25, -0.2) is 0 Å². The van der Waals surface area contributed by atoms with Crippen molar-refractivity contribution < 1.29 is 14.3 Å². The van der Waals surface area contributed by atoms with Gasteiger partial charge >= 0.3 is 0 Å². The van der Waals surface area contributed by atoms with E-state index in [0.29, 0.717) is 24.5 Å². The van der Waals surface area contributed by atoms with Gasteiger partial charge in [0.2, 0.25) is 5.91 Å². The topological polar surface area (TPSA) is 58.6 Å². The molecule has 2 aromatic rings. The zero-order chi connectivity index (χ0) is 18.0. The summed E-state index contributed by atoms with van der Waals surface area (Å²) in [6.45, 7) is 6.88. The van der Waals surface area contributed by atoms with Crippen molar-refractivity contribution >= 4 is 23.1 Å². The highest BCUT2D eigenvalue weighted by Gasteiger charge is 2.21. The van der Waals surface area contributed by atoms with Gasteiger partial charge < -0.3 is 15.0 Å². The Bertz CT molecular complexity index is 830. The number of nitrogens with one attached hydrogen (secondary N) is 1. The zero-order valence-electron chi connectivity index (χ0n) is 14.8. The fourth-order valence-corrected chi connectivity index (χ4v) is 2.91. The fourth-order valence-electron chi connectivity index (χ4n) is 2.91. The Morgan fingerprint density at radius 1 is 1.20 bits per heavy atom. The first-order valence-corrected chi connectivity index (χ1v) is 8.34. The number of rotatable bonds is 4. The summed E-state index contributed by atoms with van der Waals surface area (Å²) < 4.78 is 5.64. The molecule has 0 aromatic heterocycles. The van der Waals surface area contributed by atoms with Gasteiger partial charge in [0.05, 0.1) is 18.8 Å². The minimum atomic E-state index is -0.0882. The van der Waals surface area contributed by atoms with Crippen LogP contribution in [0.5, 0.6) is 5.75 Å². The predicted molar refractivity (Wildman–Crippen MR) is 98.7 cm³/mol. The molecule has 1 amide bonds. The predicted octanol–water partition coefficient (Wildman–Crippen LogP) is 3.34. The van der Waals surface area contributed by atoms with E-state index < -0.39 is 0 Å². The van der Waals surface area contributed by atoms with Gasteiger partial charge in [-0.15, -0.1) is 0 Å². The Morgan fingerprint density at radius 2 is 2.00 bits per heavy atom. The molecular formula is C20H22N2O3. The number of hydrogen-bond acceptors (Lipinski definition) is 4. The molecule has 0 aliphatic carbocycles. The van der Waals surface area contributed by atoms with Crippen LogP contribution in [0.4, 0.5) is 11.4 Å². The highest BCUT2D eigenvalue weighted by Crippen LogP contribution is 2.32. The highest BCUT2D eigenvalue weighted by molar-refractivity contribution is 5.97. The number of ether oxygens (including phenoxy) is 1. The number of fused-ring (bicyclic) bond motifs is 1. The van der Waals surface area contributed by atoms with E-state index in [9.17, 15) is 9.59 Å². The average Bonchev–Trinajstić information content (AvgIpc) is 2.59. The minimum absolute atomic E-state index is 0.00633. The quantitative estimate of drug-likeness (QED) is 0.869. The average molecular weight is 338 g/mol. The highest BCUT2D eigenvalue weighted by atomic mass is 16.5. The Kier molecular flexibility index (Phi) is 4.74. The second-order valence-electron chi connectivity index (χ2n) is 6.30. The first-order chi connectivity index (χ1) is 12.0. The van der Waals surface area contributed by atoms with Crippen LogP contribution in [0, 0.1) is 13.8 Å². The number of aryl methyl sites for hydroxylation is 1. The summed E-state index contributed by atoms with van der Waals surface area (Å²) in [6.07, 6.45) is 0. The summed E-state index contributed by atoms with van der Waals surface area (Å²) >= 11 is 0. The lowest BCUT2D eigenvalue weighted by Crippen LogP contribution is -2.39. The van der Waals surface area contributed by atoms with E-state index in [1.54, 1.807) is 18.2 Å². The van der Waals surface area contributed by atoms with Gasteiger partial charge in [-0.1, -0.05) is 12.1 Å². The lowest BCUT2D eigenvalue weighted by atomic mass is 10.1. The third-order valence-electron chi connectivity index (χ3n) is 4.54. The van der Waals surface area contributed by atoms with Crippen molar-refractivity contribution in [3.8, 4) is 5.75 Å². The van der Waals surface area contributed by atoms with Crippen molar-refractivity contribution in [3.63, 3.8) is 0 Å². The van der Waals surface area contributed by atoms with Gasteiger partial charge in [0.1, 0.15) is 12.4 Å². The van der Waals surface area contributed by atoms with Crippen LogP contribution in [0.15, 0.2) is 36.4 Å². The fraction of sp³-hybridized carbons (Fsp3) is 0.300. The Hall–Kier alpha value is -2.82. The Labute approximate surface area is 147 Å². The van der Waals surface area contributed by atoms with Gasteiger partial charge in [0.15, 0.2) is 5.78 Å². The van der Waals surface area contributed by atoms with E-state index >= 15 is 0 Å². The Balaban J connectivity index is 1.78. The Morgan fingerprint density at radius 3 is 2.76 bits per heavy atom. The monoisotopic (exact) mass is 338 g/mol. The molecule has 1 aliphatic heterocycles. The van der Waals surface area contributed by atoms with Gasteiger partial charge in [-0.3, -0.25) is 9.59 Å². The number of benzene rings is 2. The summed E-state index contributed by atoms with van der Waals surface area (Å²) in [7, 11) is 0. The number of carbonyl (C=O) groups excluding carboxylic acids is 2. The molecule has 1 aliphatic rings. The van der Waals surface area contributed by atoms with Gasteiger partial charge in [0.25, 0.3) is 0 Å². The molecule has 0 saturated carbocycles. The molecule has 0 radical (unpaired) electrons. The van der Waals surface area contributed by atoms with Crippen LogP contribution in [-0.2, 0) is 4.79 Å². The third-order valence-corrected chi connectivity index (χ3v) is 4.54. The molecule has 2 aromatic carbocycles. The van der Waals surface area contributed by atoms with Crippen LogP contribution < -0.4 is 15.0 Å². The number of amides is 1. The van der Waals surface area contributed by atoms with Crippen LogP contribution in [0.25, 0.3) is 0 Å². The van der Waals surface area contributed by atoms with Crippen molar-refractivity contribution in [1.29, 1.82) is 0 Å². The first-order valence-electron chi connectivity index (χ1n) is 8.34. The van der Waals surface area contributed by atoms with E-state index in [1.807, 2.05) is 36.9 Å². The first kappa shape index (κ1) is 17.0. The van der Waals surface area contributed by atoms with Gasteiger partial charge in [0, 0.05) is 11.3 Å². The van der Waals surface area contributed by atoms with Gasteiger partial charge in [-0.2, -0.15) is 0 Å². The molecule has 5 heteroatoms. The third kappa shape index (κ3) is 3.65. The maximum absolute atomic E-state index is 12.5. The number of ketones is 1. The standard InChI is InChI=1S/C20H22N2O3/c1-13-5-4-6-17(14(13)2)21-20(24)12-22-9-10-25-19-8-7-16(15(3)23)11-18(19)22/h4-8,11H,9-10,12H2,1-3H3,(H,21,24). The van der Waals surface area contributed by atoms with Crippen molar-refractivity contribution in [3.05, 3.63) is 53.1 Å². The molecule has 0 unspecified atom stereocenters. The van der Waals surface area contributed by atoms with Gasteiger partial charge in [-0.05, 0) is 56.2 Å². The van der Waals surface area contributed by atoms with Crippen molar-refractivity contribution in [2.24, 2.45) is 0 Å². The summed E-state index contributed by atoms with van der Waals surface area (Å²) in [6, 6.07) is 11.2. The van der Waals surface area contributed by atoms with Crippen LogP contribution >= 0.6 is 0 Å². The van der Waals surface area contributed by atoms with Crippen LogP contribution in [-0.4, -0.2) is 31.4 Å². The SMILES string of the molecule is CC(=O)c1ccc2c(c1)N(CC(=O)Nc1cccc(C)c1C)CCO2. The number of carbonyl (C=O) groups is 2. The molecular weight excluding hydrogens is 316 g/mol. The molecule has 5 nitrogen and oxygen atoms in total. The van der Waals surface area contributed by atoms with E-state index in [4.69, 9.17) is 4.74 Å². The zero-order valence-corrected chi connectivity index (χ0v) is 14.8. The lowest BCUT2D eigenvalue weighted by Gasteiger charge is -2.31. The van der Waals surface area contributed by atoms with E-state index in [-0.39, 0.29) is 18.2 Å². The number of hydrogen-bond donors (Lipinski definition) is 1. The maximum Gasteiger partial charge on any atom is 0.243 e. The summed E-state index contributed by atoms with van der Waals surface area (Å²) in [5.41, 5.74) is 4.44. The van der Waals surface area contributed by atoms with Crippen LogP contribution in [0.2, 0.25) is 0 Å². The molecule has 0 spiro atoms. The lowest BCUT2D eigenvalue weighted by molar-refractivity contribution is -0.115. The van der Waals surface area contributed by atoms with Crippen molar-refractivity contribution in [2.75, 3.05) is 29.9 Å². The van der Waals surface area contributed by atoms with E-state index in [0.717, 1.165) is 22.5 Å². The summed E-state index contributed by atoms with van der Waals surface area (Å²) in [4.78, 5) is 26.1. The second kappa shape index (κ2) is 6.97. The van der Waals surface area contributed by atoms with Crippen LogP contribution in [0.3, 0.4) is 0 Å². The normalized spacial score (nSPS) is 13.0. The smallest absolute Gasteiger partial charge is 0.243 e. The molecule has 130 valence electrons. The molecule has 3 rings (SSSR count). The summed E-state index contributed by atoms with van der Waals surface area (Å²) in [5, 5.41) is 2.98. The number of anilines is 2. The number of nitrogens with zero attached hydrogens (tertiary/aromatic N) is 1. The van der Waals surface area contributed by atoms with Crippen molar-refractivity contribution in [1.82, 2.24) is 0 Å².